The van der Waals surface area contributed by atoms with Gasteiger partial charge in [0.1, 0.15) is 0 Å². The van der Waals surface area contributed by atoms with Gasteiger partial charge in [-0.1, -0.05) is 55.7 Å². The summed E-state index contributed by atoms with van der Waals surface area (Å²) in [5.74, 6) is -0.991. The number of aliphatic carboxylic acids is 1. The fraction of sp³-hybridized carbons (Fsp3) is 0.310. The van der Waals surface area contributed by atoms with E-state index in [0.29, 0.717) is 0 Å². The van der Waals surface area contributed by atoms with Gasteiger partial charge >= 0.3 is 5.97 Å². The fourth-order valence-corrected chi connectivity index (χ4v) is 5.22. The summed E-state index contributed by atoms with van der Waals surface area (Å²) in [5.41, 5.74) is 3.65. The third-order valence-corrected chi connectivity index (χ3v) is 6.96. The van der Waals surface area contributed by atoms with Gasteiger partial charge in [-0.25, -0.2) is 4.79 Å². The van der Waals surface area contributed by atoms with Crippen LogP contribution in [0.4, 0.5) is 11.4 Å². The lowest BCUT2D eigenvalue weighted by Crippen LogP contribution is -2.51. The number of carboxylic acid groups (broad SMARTS) is 1. The van der Waals surface area contributed by atoms with E-state index in [1.807, 2.05) is 43.3 Å². The summed E-state index contributed by atoms with van der Waals surface area (Å²) in [5, 5.41) is 11.4. The Morgan fingerprint density at radius 2 is 1.74 bits per heavy atom. The van der Waals surface area contributed by atoms with Crippen LogP contribution >= 0.6 is 0 Å². The summed E-state index contributed by atoms with van der Waals surface area (Å²) < 4.78 is 0. The quantitative estimate of drug-likeness (QED) is 0.338. The van der Waals surface area contributed by atoms with Crippen LogP contribution in [0.15, 0.2) is 66.7 Å². The number of carbonyl (C=O) groups is 2. The molecule has 176 valence electrons. The first kappa shape index (κ1) is 23.6. The second kappa shape index (κ2) is 10.1. The van der Waals surface area contributed by atoms with Crippen LogP contribution in [0.1, 0.15) is 43.2 Å². The average molecular weight is 457 g/mol. The Balaban J connectivity index is 1.77. The average Bonchev–Trinajstić information content (AvgIpc) is 2.84. The number of benzene rings is 3. The van der Waals surface area contributed by atoms with Crippen molar-refractivity contribution in [3.63, 3.8) is 0 Å². The van der Waals surface area contributed by atoms with E-state index in [0.717, 1.165) is 61.5 Å². The van der Waals surface area contributed by atoms with Gasteiger partial charge < -0.3 is 14.9 Å². The number of hydrogen-bond donors (Lipinski definition) is 1. The second-order valence-corrected chi connectivity index (χ2v) is 9.42. The molecule has 0 saturated heterocycles. The zero-order valence-corrected chi connectivity index (χ0v) is 19.9. The van der Waals surface area contributed by atoms with E-state index >= 15 is 0 Å². The monoisotopic (exact) mass is 456 g/mol. The molecule has 3 aromatic carbocycles. The lowest BCUT2D eigenvalue weighted by Gasteiger charge is -2.45. The summed E-state index contributed by atoms with van der Waals surface area (Å²) in [6, 6.07) is 20.5. The molecule has 34 heavy (non-hydrogen) atoms. The van der Waals surface area contributed by atoms with E-state index < -0.39 is 5.97 Å². The van der Waals surface area contributed by atoms with Gasteiger partial charge in [-0.3, -0.25) is 4.79 Å². The van der Waals surface area contributed by atoms with Gasteiger partial charge in [0.2, 0.25) is 6.41 Å². The highest BCUT2D eigenvalue weighted by Crippen LogP contribution is 2.40. The number of fused-ring (bicyclic) bond motifs is 1. The second-order valence-electron chi connectivity index (χ2n) is 9.42. The molecule has 1 aliphatic carbocycles. The highest BCUT2D eigenvalue weighted by Gasteiger charge is 2.39. The Morgan fingerprint density at radius 3 is 2.44 bits per heavy atom. The van der Waals surface area contributed by atoms with Crippen molar-refractivity contribution >= 4 is 40.6 Å². The maximum Gasteiger partial charge on any atom is 0.328 e. The topological polar surface area (TPSA) is 60.9 Å². The number of carbonyl (C=O) groups excluding carboxylic acids is 1. The zero-order chi connectivity index (χ0) is 24.1. The first-order valence-corrected chi connectivity index (χ1v) is 11.9. The highest BCUT2D eigenvalue weighted by atomic mass is 16.4. The minimum atomic E-state index is -0.991. The number of carboxylic acids is 1. The number of amides is 1. The van der Waals surface area contributed by atoms with Crippen LogP contribution in [0.2, 0.25) is 0 Å². The summed E-state index contributed by atoms with van der Waals surface area (Å²) in [7, 11) is 4.10. The first-order chi connectivity index (χ1) is 16.4. The van der Waals surface area contributed by atoms with Crippen LogP contribution in [0, 0.1) is 0 Å². The molecule has 1 saturated carbocycles. The molecule has 1 N–H and O–H groups in total. The van der Waals surface area contributed by atoms with Gasteiger partial charge in [0.05, 0.1) is 5.54 Å². The number of rotatable bonds is 8. The Bertz CT molecular complexity index is 1210. The molecule has 0 spiro atoms. The molecule has 5 heteroatoms. The van der Waals surface area contributed by atoms with Crippen molar-refractivity contribution in [3.05, 3.63) is 77.9 Å². The van der Waals surface area contributed by atoms with Crippen LogP contribution in [-0.2, 0) is 16.0 Å². The molecule has 4 rings (SSSR count). The molecule has 0 radical (unpaired) electrons. The first-order valence-electron chi connectivity index (χ1n) is 11.9. The predicted octanol–water partition coefficient (Wildman–Crippen LogP) is 5.91. The van der Waals surface area contributed by atoms with Gasteiger partial charge in [0.15, 0.2) is 0 Å². The van der Waals surface area contributed by atoms with Crippen LogP contribution in [0.25, 0.3) is 16.8 Å². The molecule has 1 amide bonds. The van der Waals surface area contributed by atoms with E-state index in [2.05, 4.69) is 41.3 Å². The third kappa shape index (κ3) is 4.98. The molecular formula is C29H32N2O3. The SMILES string of the molecule is CN(C)c1ccc2cccc(CC3(N(C=O)c4cccc(/C=C/C(=O)O)c4)CCCCC3)c2c1. The van der Waals surface area contributed by atoms with E-state index in [1.165, 1.54) is 22.8 Å². The maximum absolute atomic E-state index is 12.6. The van der Waals surface area contributed by atoms with E-state index in [-0.39, 0.29) is 5.54 Å². The fourth-order valence-electron chi connectivity index (χ4n) is 5.22. The minimum Gasteiger partial charge on any atom is -0.478 e. The molecule has 3 aromatic rings. The summed E-state index contributed by atoms with van der Waals surface area (Å²) in [6.07, 6.45) is 9.63. The standard InChI is InChI=1S/C29H32N2O3/c1-30(2)25-14-13-23-9-7-10-24(27(23)19-25)20-29(16-4-3-5-17-29)31(21-32)26-11-6-8-22(18-26)12-15-28(33)34/h6-15,18-19,21H,3-5,16-17,20H2,1-2H3,(H,33,34)/b15-12+. The smallest absolute Gasteiger partial charge is 0.328 e. The Labute approximate surface area is 201 Å². The molecule has 0 atom stereocenters. The number of anilines is 2. The van der Waals surface area contributed by atoms with Crippen molar-refractivity contribution < 1.29 is 14.7 Å². The van der Waals surface area contributed by atoms with Gasteiger partial charge in [0.25, 0.3) is 0 Å². The zero-order valence-electron chi connectivity index (χ0n) is 19.9. The molecule has 0 heterocycles. The van der Waals surface area contributed by atoms with E-state index in [4.69, 9.17) is 5.11 Å². The lowest BCUT2D eigenvalue weighted by molar-refractivity contribution is -0.131. The molecule has 1 aliphatic rings. The Morgan fingerprint density at radius 1 is 0.971 bits per heavy atom. The van der Waals surface area contributed by atoms with Gasteiger partial charge in [0, 0.05) is 31.5 Å². The predicted molar refractivity (Wildman–Crippen MR) is 139 cm³/mol. The number of hydrogen-bond acceptors (Lipinski definition) is 3. The van der Waals surface area contributed by atoms with Crippen molar-refractivity contribution in [2.75, 3.05) is 23.9 Å². The lowest BCUT2D eigenvalue weighted by atomic mass is 9.75. The van der Waals surface area contributed by atoms with Crippen molar-refractivity contribution in [1.82, 2.24) is 0 Å². The highest BCUT2D eigenvalue weighted by molar-refractivity contribution is 5.89. The van der Waals surface area contributed by atoms with Crippen molar-refractivity contribution in [2.24, 2.45) is 0 Å². The molecule has 5 nitrogen and oxygen atoms in total. The van der Waals surface area contributed by atoms with Crippen LogP contribution in [0.5, 0.6) is 0 Å². The molecular weight excluding hydrogens is 424 g/mol. The summed E-state index contributed by atoms with van der Waals surface area (Å²) >= 11 is 0. The molecule has 0 aliphatic heterocycles. The number of nitrogens with zero attached hydrogens (tertiary/aromatic N) is 2. The van der Waals surface area contributed by atoms with Gasteiger partial charge in [-0.2, -0.15) is 0 Å². The van der Waals surface area contributed by atoms with Crippen LogP contribution in [-0.4, -0.2) is 37.1 Å². The molecule has 1 fully saturated rings. The van der Waals surface area contributed by atoms with Gasteiger partial charge in [-0.15, -0.1) is 0 Å². The molecule has 0 unspecified atom stereocenters. The van der Waals surface area contributed by atoms with Crippen LogP contribution in [0.3, 0.4) is 0 Å². The normalized spacial score (nSPS) is 15.4. The van der Waals surface area contributed by atoms with Crippen molar-refractivity contribution in [3.8, 4) is 0 Å². The third-order valence-electron chi connectivity index (χ3n) is 6.96. The largest absolute Gasteiger partial charge is 0.478 e. The summed E-state index contributed by atoms with van der Waals surface area (Å²) in [4.78, 5) is 27.6. The minimum absolute atomic E-state index is 0.322. The molecule has 0 aromatic heterocycles. The summed E-state index contributed by atoms with van der Waals surface area (Å²) in [6.45, 7) is 0. The van der Waals surface area contributed by atoms with Crippen molar-refractivity contribution in [2.45, 2.75) is 44.1 Å². The van der Waals surface area contributed by atoms with Gasteiger partial charge in [-0.05, 0) is 71.5 Å². The Hall–Kier alpha value is -3.60. The van der Waals surface area contributed by atoms with Crippen LogP contribution < -0.4 is 9.80 Å². The van der Waals surface area contributed by atoms with E-state index in [9.17, 15) is 9.59 Å². The van der Waals surface area contributed by atoms with E-state index in [1.54, 1.807) is 6.08 Å². The molecule has 0 bridgehead atoms. The maximum atomic E-state index is 12.6. The Kier molecular flexibility index (Phi) is 7.01. The van der Waals surface area contributed by atoms with Crippen molar-refractivity contribution in [1.29, 1.82) is 0 Å².